The van der Waals surface area contributed by atoms with Crippen LogP contribution in [0.15, 0.2) is 0 Å². The van der Waals surface area contributed by atoms with Gasteiger partial charge in [-0.05, 0) is 32.6 Å². The number of esters is 1. The van der Waals surface area contributed by atoms with Gasteiger partial charge in [0.1, 0.15) is 0 Å². The van der Waals surface area contributed by atoms with Gasteiger partial charge < -0.3 is 4.74 Å². The van der Waals surface area contributed by atoms with Gasteiger partial charge in [-0.1, -0.05) is 19.8 Å². The van der Waals surface area contributed by atoms with E-state index >= 15 is 0 Å². The molecule has 0 aromatic carbocycles. The van der Waals surface area contributed by atoms with Crippen LogP contribution in [0.5, 0.6) is 0 Å². The van der Waals surface area contributed by atoms with Gasteiger partial charge in [-0.15, -0.1) is 0 Å². The molecule has 0 spiro atoms. The van der Waals surface area contributed by atoms with Crippen LogP contribution in [0, 0.1) is 11.8 Å². The highest BCUT2D eigenvalue weighted by molar-refractivity contribution is 5.72. The molecule has 0 radical (unpaired) electrons. The summed E-state index contributed by atoms with van der Waals surface area (Å²) in [5.41, 5.74) is 0. The molecule has 0 bridgehead atoms. The average Bonchev–Trinajstić information content (AvgIpc) is 2.02. The van der Waals surface area contributed by atoms with Crippen molar-refractivity contribution in [2.75, 3.05) is 0 Å². The maximum absolute atomic E-state index is 11.7. The summed E-state index contributed by atoms with van der Waals surface area (Å²) in [6.45, 7) is 5.76. The quantitative estimate of drug-likeness (QED) is 0.618. The summed E-state index contributed by atoms with van der Waals surface area (Å²) in [6, 6.07) is 0. The molecule has 76 valence electrons. The number of hydrogen-bond donors (Lipinski definition) is 0. The van der Waals surface area contributed by atoms with Gasteiger partial charge in [-0.25, -0.2) is 0 Å². The average molecular weight is 185 g/mol. The Kier molecular flexibility index (Phi) is 3.22. The molecule has 0 N–H and O–H groups in total. The Morgan fingerprint density at radius 1 is 1.54 bits per heavy atom. The number of ether oxygens (including phenoxy) is 1. The normalized spacial score (nSPS) is 35.7. The second-order valence-corrected chi connectivity index (χ2v) is 4.26. The summed E-state index contributed by atoms with van der Waals surface area (Å²) < 4.78 is 13.2. The summed E-state index contributed by atoms with van der Waals surface area (Å²) in [4.78, 5) is 11.7. The smallest absolute Gasteiger partial charge is 0.309 e. The zero-order chi connectivity index (χ0) is 10.8. The summed E-state index contributed by atoms with van der Waals surface area (Å²) in [5.74, 6) is -0.831. The lowest BCUT2D eigenvalue weighted by atomic mass is 9.82. The molecule has 0 aliphatic heterocycles. The van der Waals surface area contributed by atoms with Gasteiger partial charge >= 0.3 is 5.97 Å². The van der Waals surface area contributed by atoms with Crippen molar-refractivity contribution < 1.29 is 10.9 Å². The predicted octanol–water partition coefficient (Wildman–Crippen LogP) is 2.76. The van der Waals surface area contributed by atoms with Crippen molar-refractivity contribution in [3.63, 3.8) is 0 Å². The van der Waals surface area contributed by atoms with Gasteiger partial charge in [0.05, 0.1) is 12.0 Å². The Morgan fingerprint density at radius 3 is 2.77 bits per heavy atom. The van der Waals surface area contributed by atoms with E-state index in [-0.39, 0.29) is 12.1 Å². The van der Waals surface area contributed by atoms with E-state index in [2.05, 4.69) is 6.92 Å². The highest BCUT2D eigenvalue weighted by Crippen LogP contribution is 2.29. The second-order valence-electron chi connectivity index (χ2n) is 4.26. The van der Waals surface area contributed by atoms with Crippen LogP contribution in [0.4, 0.5) is 0 Å². The van der Waals surface area contributed by atoms with Crippen LogP contribution in [0.3, 0.4) is 0 Å². The zero-order valence-electron chi connectivity index (χ0n) is 9.80. The maximum atomic E-state index is 11.7. The summed E-state index contributed by atoms with van der Waals surface area (Å²) in [7, 11) is 0. The first-order valence-corrected chi connectivity index (χ1v) is 5.15. The van der Waals surface area contributed by atoms with Crippen molar-refractivity contribution >= 4 is 5.97 Å². The Labute approximate surface area is 82.1 Å². The fourth-order valence-electron chi connectivity index (χ4n) is 1.77. The Balaban J connectivity index is 2.59. The first kappa shape index (κ1) is 9.04. The molecule has 2 atom stereocenters. The molecule has 2 heteroatoms. The molecule has 1 unspecified atom stereocenters. The minimum absolute atomic E-state index is 0.109. The van der Waals surface area contributed by atoms with Crippen LogP contribution in [0.2, 0.25) is 0 Å². The van der Waals surface area contributed by atoms with Gasteiger partial charge in [-0.3, -0.25) is 4.79 Å². The first-order chi connectivity index (χ1) is 6.44. The van der Waals surface area contributed by atoms with Crippen LogP contribution < -0.4 is 0 Å². The molecule has 13 heavy (non-hydrogen) atoms. The molecule has 1 fully saturated rings. The fourth-order valence-corrected chi connectivity index (χ4v) is 1.77. The Morgan fingerprint density at radius 2 is 2.23 bits per heavy atom. The van der Waals surface area contributed by atoms with E-state index in [4.69, 9.17) is 6.11 Å². The number of rotatable bonds is 2. The molecule has 0 amide bonds. The largest absolute Gasteiger partial charge is 0.463 e. The second kappa shape index (κ2) is 4.64. The number of carbonyl (C=O) groups excluding carboxylic acids is 1. The van der Waals surface area contributed by atoms with Crippen LogP contribution in [-0.4, -0.2) is 12.1 Å². The predicted molar refractivity (Wildman–Crippen MR) is 52.4 cm³/mol. The van der Waals surface area contributed by atoms with E-state index in [1.807, 2.05) is 13.8 Å². The molecular weight excluding hydrogens is 164 g/mol. The van der Waals surface area contributed by atoms with Crippen molar-refractivity contribution in [1.82, 2.24) is 0 Å². The topological polar surface area (TPSA) is 26.3 Å². The van der Waals surface area contributed by atoms with E-state index in [1.165, 1.54) is 0 Å². The fraction of sp³-hybridized carbons (Fsp3) is 0.909. The lowest BCUT2D eigenvalue weighted by Gasteiger charge is -2.25. The van der Waals surface area contributed by atoms with Crippen LogP contribution in [0.1, 0.15) is 47.8 Å². The summed E-state index contributed by atoms with van der Waals surface area (Å²) >= 11 is 0. The first-order valence-electron chi connectivity index (χ1n) is 5.65. The third kappa shape index (κ3) is 3.37. The molecule has 0 aromatic rings. The Bertz CT molecular complexity index is 215. The third-order valence-electron chi connectivity index (χ3n) is 2.40. The molecule has 0 heterocycles. The van der Waals surface area contributed by atoms with E-state index in [0.717, 1.165) is 12.8 Å². The van der Waals surface area contributed by atoms with Crippen molar-refractivity contribution in [2.45, 2.75) is 52.6 Å². The highest BCUT2D eigenvalue weighted by atomic mass is 16.5. The molecule has 2 nitrogen and oxygen atoms in total. The van der Waals surface area contributed by atoms with E-state index < -0.39 is 5.89 Å². The van der Waals surface area contributed by atoms with E-state index in [9.17, 15) is 4.79 Å². The van der Waals surface area contributed by atoms with Gasteiger partial charge in [0.15, 0.2) is 0 Å². The lowest BCUT2D eigenvalue weighted by Crippen LogP contribution is -2.25. The van der Waals surface area contributed by atoms with Crippen molar-refractivity contribution in [3.05, 3.63) is 0 Å². The molecule has 0 saturated heterocycles. The Hall–Kier alpha value is -0.530. The van der Waals surface area contributed by atoms with Gasteiger partial charge in [0, 0.05) is 1.37 Å². The minimum Gasteiger partial charge on any atom is -0.463 e. The van der Waals surface area contributed by atoms with Gasteiger partial charge in [0.25, 0.3) is 0 Å². The monoisotopic (exact) mass is 185 g/mol. The summed E-state index contributed by atoms with van der Waals surface area (Å²) in [6.07, 6.45) is 3.30. The molecule has 1 rings (SSSR count). The molecule has 1 aliphatic rings. The third-order valence-corrected chi connectivity index (χ3v) is 2.40. The number of hydrogen-bond acceptors (Lipinski definition) is 2. The number of carbonyl (C=O) groups is 1. The molecule has 1 saturated carbocycles. The van der Waals surface area contributed by atoms with Crippen LogP contribution in [0.25, 0.3) is 0 Å². The summed E-state index contributed by atoms with van der Waals surface area (Å²) in [5, 5.41) is 0. The molecular formula is C11H20O2. The van der Waals surface area contributed by atoms with Crippen molar-refractivity contribution in [2.24, 2.45) is 11.8 Å². The molecule has 1 aliphatic carbocycles. The maximum Gasteiger partial charge on any atom is 0.309 e. The zero-order valence-corrected chi connectivity index (χ0v) is 8.80. The van der Waals surface area contributed by atoms with E-state index in [0.29, 0.717) is 18.8 Å². The minimum atomic E-state index is -0.970. The van der Waals surface area contributed by atoms with Crippen molar-refractivity contribution in [3.8, 4) is 0 Å². The van der Waals surface area contributed by atoms with Crippen LogP contribution >= 0.6 is 0 Å². The molecule has 0 aromatic heterocycles. The standard InChI is InChI=1S/C11H20O2/c1-8(2)13-11(12)10-6-4-5-9(3)7-10/h8-10H,4-7H2,1-3H3/t9-,10?/m1/s1/i10D. The van der Waals surface area contributed by atoms with Gasteiger partial charge in [0.2, 0.25) is 0 Å². The van der Waals surface area contributed by atoms with E-state index in [1.54, 1.807) is 0 Å². The highest BCUT2D eigenvalue weighted by Gasteiger charge is 2.26. The SMILES string of the molecule is [2H]C1(C(=O)OC(C)C)CCC[C@@H](C)C1. The van der Waals surface area contributed by atoms with Crippen molar-refractivity contribution in [1.29, 1.82) is 0 Å². The van der Waals surface area contributed by atoms with Gasteiger partial charge in [-0.2, -0.15) is 0 Å². The van der Waals surface area contributed by atoms with Crippen LogP contribution in [-0.2, 0) is 9.53 Å². The lowest BCUT2D eigenvalue weighted by molar-refractivity contribution is -0.154.